The van der Waals surface area contributed by atoms with Crippen molar-refractivity contribution in [2.75, 3.05) is 45.9 Å². The second-order valence-corrected chi connectivity index (χ2v) is 8.02. The van der Waals surface area contributed by atoms with Crippen LogP contribution in [0.25, 0.3) is 0 Å². The maximum absolute atomic E-state index is 12.8. The van der Waals surface area contributed by atoms with Crippen LogP contribution in [0.5, 0.6) is 0 Å². The van der Waals surface area contributed by atoms with Gasteiger partial charge in [0.15, 0.2) is 0 Å². The van der Waals surface area contributed by atoms with Crippen LogP contribution in [0.15, 0.2) is 48.5 Å². The molecule has 1 aliphatic rings. The Morgan fingerprint density at radius 1 is 1.07 bits per heavy atom. The first-order valence-electron chi connectivity index (χ1n) is 10.8. The van der Waals surface area contributed by atoms with Crippen LogP contribution in [-0.4, -0.2) is 61.6 Å². The second-order valence-electron chi connectivity index (χ2n) is 7.58. The average molecular weight is 430 g/mol. The summed E-state index contributed by atoms with van der Waals surface area (Å²) in [5, 5.41) is 3.84. The number of carbonyl (C=O) groups excluding carboxylic acids is 1. The summed E-state index contributed by atoms with van der Waals surface area (Å²) in [6.07, 6.45) is 0. The molecule has 0 unspecified atom stereocenters. The van der Waals surface area contributed by atoms with Gasteiger partial charge in [-0.3, -0.25) is 14.6 Å². The monoisotopic (exact) mass is 429 g/mol. The fourth-order valence-electron chi connectivity index (χ4n) is 3.79. The Hall–Kier alpha value is -1.92. The first-order valence-corrected chi connectivity index (χ1v) is 11.1. The van der Waals surface area contributed by atoms with Crippen molar-refractivity contribution in [3.8, 4) is 0 Å². The van der Waals surface area contributed by atoms with E-state index in [-0.39, 0.29) is 11.9 Å². The maximum atomic E-state index is 12.8. The molecular formula is C24H32ClN3O2. The highest BCUT2D eigenvalue weighted by molar-refractivity contribution is 6.30. The minimum Gasteiger partial charge on any atom is -0.379 e. The van der Waals surface area contributed by atoms with Crippen molar-refractivity contribution < 1.29 is 9.53 Å². The number of ether oxygens (including phenoxy) is 1. The molecule has 162 valence electrons. The summed E-state index contributed by atoms with van der Waals surface area (Å²) in [5.74, 6) is -0.0448. The second kappa shape index (κ2) is 11.5. The van der Waals surface area contributed by atoms with E-state index < -0.39 is 0 Å². The molecule has 0 spiro atoms. The summed E-state index contributed by atoms with van der Waals surface area (Å²) < 4.78 is 5.50. The van der Waals surface area contributed by atoms with Gasteiger partial charge in [-0.25, -0.2) is 0 Å². The molecule has 1 heterocycles. The van der Waals surface area contributed by atoms with Crippen LogP contribution in [0.4, 0.5) is 0 Å². The predicted octanol–water partition coefficient (Wildman–Crippen LogP) is 3.99. The molecule has 1 aliphatic heterocycles. The summed E-state index contributed by atoms with van der Waals surface area (Å²) in [7, 11) is 0. The molecule has 1 amide bonds. The zero-order chi connectivity index (χ0) is 21.3. The van der Waals surface area contributed by atoms with Gasteiger partial charge in [0.05, 0.1) is 19.3 Å². The number of hydrogen-bond acceptors (Lipinski definition) is 4. The molecule has 0 bridgehead atoms. The van der Waals surface area contributed by atoms with Crippen molar-refractivity contribution >= 4 is 17.5 Å². The van der Waals surface area contributed by atoms with Crippen LogP contribution in [0.2, 0.25) is 5.02 Å². The van der Waals surface area contributed by atoms with Crippen molar-refractivity contribution in [1.82, 2.24) is 15.1 Å². The van der Waals surface area contributed by atoms with Crippen molar-refractivity contribution in [3.63, 3.8) is 0 Å². The Kier molecular flexibility index (Phi) is 8.70. The van der Waals surface area contributed by atoms with Crippen LogP contribution in [0.1, 0.15) is 41.4 Å². The zero-order valence-corrected chi connectivity index (χ0v) is 18.7. The molecule has 5 nitrogen and oxygen atoms in total. The number of halogens is 1. The number of nitrogens with zero attached hydrogens (tertiary/aromatic N) is 2. The molecule has 2 aromatic carbocycles. The van der Waals surface area contributed by atoms with Gasteiger partial charge in [0, 0.05) is 36.8 Å². The van der Waals surface area contributed by atoms with Gasteiger partial charge in [0.1, 0.15) is 0 Å². The molecular weight excluding hydrogens is 398 g/mol. The smallest absolute Gasteiger partial charge is 0.251 e. The Labute approximate surface area is 185 Å². The summed E-state index contributed by atoms with van der Waals surface area (Å²) in [6, 6.07) is 15.9. The van der Waals surface area contributed by atoms with Gasteiger partial charge >= 0.3 is 0 Å². The molecule has 0 saturated carbocycles. The predicted molar refractivity (Wildman–Crippen MR) is 122 cm³/mol. The lowest BCUT2D eigenvalue weighted by Crippen LogP contribution is -2.43. The maximum Gasteiger partial charge on any atom is 0.251 e. The number of rotatable bonds is 9. The quantitative estimate of drug-likeness (QED) is 0.654. The van der Waals surface area contributed by atoms with E-state index in [2.05, 4.69) is 29.0 Å². The highest BCUT2D eigenvalue weighted by Crippen LogP contribution is 2.23. The average Bonchev–Trinajstić information content (AvgIpc) is 2.79. The van der Waals surface area contributed by atoms with Crippen LogP contribution < -0.4 is 5.32 Å². The van der Waals surface area contributed by atoms with Gasteiger partial charge in [0.25, 0.3) is 5.91 Å². The normalized spacial score (nSPS) is 15.9. The minimum absolute atomic E-state index is 0.0448. The van der Waals surface area contributed by atoms with Gasteiger partial charge in [-0.2, -0.15) is 0 Å². The van der Waals surface area contributed by atoms with Crippen LogP contribution in [0.3, 0.4) is 0 Å². The summed E-state index contributed by atoms with van der Waals surface area (Å²) in [5.41, 5.74) is 3.06. The molecule has 2 aromatic rings. The Balaban J connectivity index is 1.64. The van der Waals surface area contributed by atoms with E-state index in [0.717, 1.165) is 38.3 Å². The molecule has 30 heavy (non-hydrogen) atoms. The summed E-state index contributed by atoms with van der Waals surface area (Å²) in [6.45, 7) is 10.9. The molecule has 1 fully saturated rings. The number of hydrogen-bond donors (Lipinski definition) is 1. The lowest BCUT2D eigenvalue weighted by Gasteiger charge is -2.35. The van der Waals surface area contributed by atoms with Crippen LogP contribution in [0, 0.1) is 0 Å². The molecule has 1 N–H and O–H groups in total. The van der Waals surface area contributed by atoms with E-state index in [0.29, 0.717) is 30.3 Å². The van der Waals surface area contributed by atoms with E-state index in [1.54, 1.807) is 0 Å². The summed E-state index contributed by atoms with van der Waals surface area (Å²) in [4.78, 5) is 17.5. The SMILES string of the molecule is CCN(CC)Cc1ccc(C(=O)NC[C@@H](c2ccc(Cl)cc2)N2CCOCC2)cc1. The van der Waals surface area contributed by atoms with Crippen LogP contribution >= 0.6 is 11.6 Å². The van der Waals surface area contributed by atoms with Gasteiger partial charge in [-0.05, 0) is 48.5 Å². The largest absolute Gasteiger partial charge is 0.379 e. The third kappa shape index (κ3) is 6.29. The molecule has 1 saturated heterocycles. The fourth-order valence-corrected chi connectivity index (χ4v) is 3.92. The highest BCUT2D eigenvalue weighted by atomic mass is 35.5. The van der Waals surface area contributed by atoms with Crippen LogP contribution in [-0.2, 0) is 11.3 Å². The topological polar surface area (TPSA) is 44.8 Å². The Morgan fingerprint density at radius 3 is 2.30 bits per heavy atom. The first-order chi connectivity index (χ1) is 14.6. The molecule has 3 rings (SSSR count). The lowest BCUT2D eigenvalue weighted by atomic mass is 10.0. The van der Waals surface area contributed by atoms with Gasteiger partial charge in [-0.15, -0.1) is 0 Å². The van der Waals surface area contributed by atoms with Gasteiger partial charge in [-0.1, -0.05) is 49.7 Å². The molecule has 0 radical (unpaired) electrons. The van der Waals surface area contributed by atoms with E-state index in [1.165, 1.54) is 5.56 Å². The zero-order valence-electron chi connectivity index (χ0n) is 17.9. The molecule has 0 aliphatic carbocycles. The minimum atomic E-state index is -0.0448. The number of benzene rings is 2. The molecule has 1 atom stereocenters. The van der Waals surface area contributed by atoms with Crippen molar-refractivity contribution in [1.29, 1.82) is 0 Å². The van der Waals surface area contributed by atoms with E-state index >= 15 is 0 Å². The third-order valence-corrected chi connectivity index (χ3v) is 5.97. The van der Waals surface area contributed by atoms with Gasteiger partial charge < -0.3 is 10.1 Å². The van der Waals surface area contributed by atoms with E-state index in [9.17, 15) is 4.79 Å². The first kappa shape index (κ1) is 22.8. The van der Waals surface area contributed by atoms with Crippen molar-refractivity contribution in [3.05, 3.63) is 70.2 Å². The molecule has 6 heteroatoms. The number of nitrogens with one attached hydrogen (secondary N) is 1. The number of amides is 1. The fraction of sp³-hybridized carbons (Fsp3) is 0.458. The van der Waals surface area contributed by atoms with Gasteiger partial charge in [0.2, 0.25) is 0 Å². The summed E-state index contributed by atoms with van der Waals surface area (Å²) >= 11 is 6.07. The Bertz CT molecular complexity index is 785. The third-order valence-electron chi connectivity index (χ3n) is 5.71. The highest BCUT2D eigenvalue weighted by Gasteiger charge is 2.23. The number of carbonyl (C=O) groups is 1. The number of morpholine rings is 1. The standard InChI is InChI=1S/C24H32ClN3O2/c1-3-27(4-2)18-19-5-7-21(8-6-19)24(29)26-17-23(28-13-15-30-16-14-28)20-9-11-22(25)12-10-20/h5-12,23H,3-4,13-18H2,1-2H3,(H,26,29)/t23-/m0/s1. The molecule has 0 aromatic heterocycles. The van der Waals surface area contributed by atoms with E-state index in [4.69, 9.17) is 16.3 Å². The van der Waals surface area contributed by atoms with Crippen molar-refractivity contribution in [2.24, 2.45) is 0 Å². The Morgan fingerprint density at radius 2 is 1.70 bits per heavy atom. The lowest BCUT2D eigenvalue weighted by molar-refractivity contribution is 0.0162. The van der Waals surface area contributed by atoms with E-state index in [1.807, 2.05) is 48.5 Å². The van der Waals surface area contributed by atoms with Crippen molar-refractivity contribution in [2.45, 2.75) is 26.4 Å².